The molecule has 0 aromatic carbocycles. The molecule has 3 nitrogen and oxygen atoms in total. The van der Waals surface area contributed by atoms with Gasteiger partial charge in [0.05, 0.1) is 6.61 Å². The highest BCUT2D eigenvalue weighted by atomic mass is 16.3. The highest BCUT2D eigenvalue weighted by molar-refractivity contribution is 5.17. The summed E-state index contributed by atoms with van der Waals surface area (Å²) in [5, 5.41) is 8.72. The number of nitrogens with zero attached hydrogens (tertiary/aromatic N) is 1. The molecule has 0 bridgehead atoms. The van der Waals surface area contributed by atoms with Gasteiger partial charge in [-0.2, -0.15) is 0 Å². The average Bonchev–Trinajstić information content (AvgIpc) is 2.30. The minimum Gasteiger partial charge on any atom is -0.392 e. The van der Waals surface area contributed by atoms with Crippen molar-refractivity contribution in [2.24, 2.45) is 12.8 Å². The Balaban J connectivity index is 2.92. The minimum atomic E-state index is 0.0911. The van der Waals surface area contributed by atoms with Gasteiger partial charge in [-0.05, 0) is 11.6 Å². The van der Waals surface area contributed by atoms with E-state index in [0.717, 1.165) is 11.3 Å². The van der Waals surface area contributed by atoms with E-state index in [1.54, 1.807) is 0 Å². The summed E-state index contributed by atoms with van der Waals surface area (Å²) in [5.41, 5.74) is 7.38. The third kappa shape index (κ3) is 1.20. The van der Waals surface area contributed by atoms with Gasteiger partial charge < -0.3 is 15.4 Å². The number of aliphatic hydroxyl groups is 1. The van der Waals surface area contributed by atoms with E-state index in [9.17, 15) is 0 Å². The maximum atomic E-state index is 8.72. The summed E-state index contributed by atoms with van der Waals surface area (Å²) < 4.78 is 1.92. The molecule has 56 valence electrons. The zero-order chi connectivity index (χ0) is 7.56. The van der Waals surface area contributed by atoms with Crippen LogP contribution in [0.4, 0.5) is 0 Å². The zero-order valence-electron chi connectivity index (χ0n) is 6.04. The van der Waals surface area contributed by atoms with Crippen molar-refractivity contribution >= 4 is 0 Å². The fourth-order valence-corrected chi connectivity index (χ4v) is 0.974. The Kier molecular flexibility index (Phi) is 2.09. The first-order valence-corrected chi connectivity index (χ1v) is 3.23. The van der Waals surface area contributed by atoms with Crippen LogP contribution in [0.25, 0.3) is 0 Å². The van der Waals surface area contributed by atoms with Crippen LogP contribution in [-0.4, -0.2) is 9.67 Å². The minimum absolute atomic E-state index is 0.0911. The number of hydrogen-bond donors (Lipinski definition) is 2. The molecular weight excluding hydrogens is 128 g/mol. The molecule has 1 aromatic rings. The summed E-state index contributed by atoms with van der Waals surface area (Å²) in [6.07, 6.45) is 1.88. The van der Waals surface area contributed by atoms with Gasteiger partial charge in [0, 0.05) is 25.5 Å². The van der Waals surface area contributed by atoms with E-state index < -0.39 is 0 Å². The predicted molar refractivity (Wildman–Crippen MR) is 39.2 cm³/mol. The second-order valence-corrected chi connectivity index (χ2v) is 2.31. The predicted octanol–water partition coefficient (Wildman–Crippen LogP) is -0.0239. The van der Waals surface area contributed by atoms with E-state index in [-0.39, 0.29) is 6.61 Å². The van der Waals surface area contributed by atoms with Crippen molar-refractivity contribution in [3.8, 4) is 0 Å². The largest absolute Gasteiger partial charge is 0.392 e. The van der Waals surface area contributed by atoms with Gasteiger partial charge in [0.1, 0.15) is 0 Å². The molecule has 1 rings (SSSR count). The van der Waals surface area contributed by atoms with Crippen LogP contribution in [0.3, 0.4) is 0 Å². The van der Waals surface area contributed by atoms with Gasteiger partial charge in [-0.25, -0.2) is 0 Å². The molecule has 0 radical (unpaired) electrons. The van der Waals surface area contributed by atoms with Crippen LogP contribution in [0.2, 0.25) is 0 Å². The lowest BCUT2D eigenvalue weighted by Gasteiger charge is -1.95. The first-order chi connectivity index (χ1) is 4.77. The smallest absolute Gasteiger partial charge is 0.0696 e. The zero-order valence-corrected chi connectivity index (χ0v) is 6.04. The maximum absolute atomic E-state index is 8.72. The third-order valence-electron chi connectivity index (χ3n) is 1.56. The molecule has 0 saturated heterocycles. The Hall–Kier alpha value is -0.800. The fourth-order valence-electron chi connectivity index (χ4n) is 0.974. The van der Waals surface area contributed by atoms with Crippen LogP contribution in [-0.2, 0) is 20.2 Å². The van der Waals surface area contributed by atoms with Crippen molar-refractivity contribution in [2.75, 3.05) is 0 Å². The number of hydrogen-bond acceptors (Lipinski definition) is 2. The van der Waals surface area contributed by atoms with Gasteiger partial charge in [0.15, 0.2) is 0 Å². The first kappa shape index (κ1) is 7.31. The number of aryl methyl sites for hydroxylation is 1. The number of aliphatic hydroxyl groups excluding tert-OH is 1. The highest BCUT2D eigenvalue weighted by Gasteiger charge is 1.98. The van der Waals surface area contributed by atoms with Gasteiger partial charge >= 0.3 is 0 Å². The summed E-state index contributed by atoms with van der Waals surface area (Å²) in [5.74, 6) is 0. The lowest BCUT2D eigenvalue weighted by atomic mass is 10.3. The van der Waals surface area contributed by atoms with Crippen LogP contribution in [0.15, 0.2) is 12.3 Å². The Morgan fingerprint density at radius 1 is 1.70 bits per heavy atom. The molecule has 0 fully saturated rings. The molecule has 0 aliphatic rings. The molecule has 0 atom stereocenters. The number of aromatic nitrogens is 1. The first-order valence-electron chi connectivity index (χ1n) is 3.23. The van der Waals surface area contributed by atoms with E-state index in [1.165, 1.54) is 0 Å². The molecule has 0 saturated carbocycles. The van der Waals surface area contributed by atoms with Crippen molar-refractivity contribution in [3.63, 3.8) is 0 Å². The Morgan fingerprint density at radius 3 is 2.70 bits per heavy atom. The van der Waals surface area contributed by atoms with Crippen molar-refractivity contribution < 1.29 is 5.11 Å². The van der Waals surface area contributed by atoms with E-state index in [1.807, 2.05) is 23.9 Å². The second kappa shape index (κ2) is 2.86. The van der Waals surface area contributed by atoms with Crippen LogP contribution in [0.1, 0.15) is 11.3 Å². The standard InChI is InChI=1S/C7H12N2O/c1-9-4-6(5-10)2-7(9)3-8/h2,4,10H,3,5,8H2,1H3. The van der Waals surface area contributed by atoms with Crippen LogP contribution in [0.5, 0.6) is 0 Å². The molecule has 0 aliphatic heterocycles. The van der Waals surface area contributed by atoms with E-state index in [0.29, 0.717) is 6.54 Å². The lowest BCUT2D eigenvalue weighted by Crippen LogP contribution is -2.01. The Bertz CT molecular complexity index is 217. The topological polar surface area (TPSA) is 51.2 Å². The van der Waals surface area contributed by atoms with Crippen LogP contribution >= 0.6 is 0 Å². The van der Waals surface area contributed by atoms with Crippen molar-refractivity contribution in [2.45, 2.75) is 13.2 Å². The van der Waals surface area contributed by atoms with Crippen LogP contribution in [0, 0.1) is 0 Å². The van der Waals surface area contributed by atoms with Gasteiger partial charge in [0.2, 0.25) is 0 Å². The normalized spacial score (nSPS) is 10.3. The van der Waals surface area contributed by atoms with Gasteiger partial charge in [0.25, 0.3) is 0 Å². The van der Waals surface area contributed by atoms with Crippen molar-refractivity contribution in [1.29, 1.82) is 0 Å². The summed E-state index contributed by atoms with van der Waals surface area (Å²) in [7, 11) is 1.92. The molecule has 3 heteroatoms. The summed E-state index contributed by atoms with van der Waals surface area (Å²) in [4.78, 5) is 0. The van der Waals surface area contributed by atoms with E-state index >= 15 is 0 Å². The summed E-state index contributed by atoms with van der Waals surface area (Å²) >= 11 is 0. The van der Waals surface area contributed by atoms with Gasteiger partial charge in [-0.15, -0.1) is 0 Å². The molecule has 3 N–H and O–H groups in total. The summed E-state index contributed by atoms with van der Waals surface area (Å²) in [6, 6.07) is 1.90. The Morgan fingerprint density at radius 2 is 2.40 bits per heavy atom. The molecule has 0 unspecified atom stereocenters. The highest BCUT2D eigenvalue weighted by Crippen LogP contribution is 2.05. The van der Waals surface area contributed by atoms with Crippen LogP contribution < -0.4 is 5.73 Å². The molecule has 0 aliphatic carbocycles. The average molecular weight is 140 g/mol. The summed E-state index contributed by atoms with van der Waals surface area (Å²) in [6.45, 7) is 0.615. The monoisotopic (exact) mass is 140 g/mol. The molecule has 0 spiro atoms. The maximum Gasteiger partial charge on any atom is 0.0696 e. The Labute approximate surface area is 60.1 Å². The SMILES string of the molecule is Cn1cc(CO)cc1CN. The van der Waals surface area contributed by atoms with Crippen molar-refractivity contribution in [1.82, 2.24) is 4.57 Å². The third-order valence-corrected chi connectivity index (χ3v) is 1.56. The lowest BCUT2D eigenvalue weighted by molar-refractivity contribution is 0.282. The fraction of sp³-hybridized carbons (Fsp3) is 0.429. The molecule has 0 amide bonds. The van der Waals surface area contributed by atoms with E-state index in [4.69, 9.17) is 10.8 Å². The molecule has 10 heavy (non-hydrogen) atoms. The van der Waals surface area contributed by atoms with Crippen molar-refractivity contribution in [3.05, 3.63) is 23.5 Å². The van der Waals surface area contributed by atoms with Gasteiger partial charge in [-0.1, -0.05) is 0 Å². The number of rotatable bonds is 2. The molecule has 1 aromatic heterocycles. The van der Waals surface area contributed by atoms with Gasteiger partial charge in [-0.3, -0.25) is 0 Å². The quantitative estimate of drug-likeness (QED) is 0.606. The molecule has 1 heterocycles. The molecular formula is C7H12N2O. The van der Waals surface area contributed by atoms with E-state index in [2.05, 4.69) is 0 Å². The second-order valence-electron chi connectivity index (χ2n) is 2.31. The number of nitrogens with two attached hydrogens (primary N) is 1.